The van der Waals surface area contributed by atoms with Crippen molar-refractivity contribution in [1.82, 2.24) is 20.1 Å². The van der Waals surface area contributed by atoms with E-state index in [4.69, 9.17) is 28.0 Å². The Morgan fingerprint density at radius 1 is 1.21 bits per heavy atom. The summed E-state index contributed by atoms with van der Waals surface area (Å²) in [6.45, 7) is 5.43. The van der Waals surface area contributed by atoms with Crippen molar-refractivity contribution in [3.63, 3.8) is 0 Å². The van der Waals surface area contributed by atoms with Gasteiger partial charge in [-0.25, -0.2) is 9.67 Å². The van der Waals surface area contributed by atoms with Gasteiger partial charge >= 0.3 is 0 Å². The topological polar surface area (TPSA) is 110 Å². The summed E-state index contributed by atoms with van der Waals surface area (Å²) in [6.07, 6.45) is 2.88. The maximum absolute atomic E-state index is 13.4. The van der Waals surface area contributed by atoms with E-state index in [1.807, 2.05) is 13.8 Å². The third-order valence-corrected chi connectivity index (χ3v) is 4.91. The first-order chi connectivity index (χ1) is 15.7. The van der Waals surface area contributed by atoms with Crippen molar-refractivity contribution in [1.29, 1.82) is 0 Å². The van der Waals surface area contributed by atoms with E-state index < -0.39 is 5.91 Å². The number of benzene rings is 1. The number of aromatic nitrogens is 3. The lowest BCUT2D eigenvalue weighted by atomic mass is 10.1. The van der Waals surface area contributed by atoms with E-state index in [1.54, 1.807) is 25.1 Å². The van der Waals surface area contributed by atoms with Crippen LogP contribution in [0.3, 0.4) is 0 Å². The molecule has 0 saturated heterocycles. The summed E-state index contributed by atoms with van der Waals surface area (Å²) >= 11 is 12.5. The van der Waals surface area contributed by atoms with Crippen molar-refractivity contribution in [2.75, 3.05) is 12.4 Å². The van der Waals surface area contributed by atoms with Gasteiger partial charge in [0.25, 0.3) is 11.8 Å². The van der Waals surface area contributed by atoms with Crippen molar-refractivity contribution < 1.29 is 14.4 Å². The van der Waals surface area contributed by atoms with Crippen LogP contribution < -0.4 is 10.6 Å². The first-order valence-corrected chi connectivity index (χ1v) is 10.7. The maximum atomic E-state index is 13.4. The van der Waals surface area contributed by atoms with Crippen LogP contribution >= 0.6 is 23.2 Å². The zero-order chi connectivity index (χ0) is 24.1. The number of hydrogen-bond donors (Lipinski definition) is 2. The fourth-order valence-corrected chi connectivity index (χ4v) is 3.51. The number of halogens is 2. The van der Waals surface area contributed by atoms with Crippen molar-refractivity contribution >= 4 is 46.9 Å². The molecule has 0 bridgehead atoms. The van der Waals surface area contributed by atoms with Gasteiger partial charge in [0, 0.05) is 17.3 Å². The molecule has 0 atom stereocenters. The van der Waals surface area contributed by atoms with Crippen LogP contribution in [0.25, 0.3) is 5.82 Å². The zero-order valence-corrected chi connectivity index (χ0v) is 19.9. The Labute approximate surface area is 200 Å². The number of hydrogen-bond acceptors (Lipinski definition) is 6. The van der Waals surface area contributed by atoms with Crippen molar-refractivity contribution in [2.45, 2.75) is 26.8 Å². The maximum Gasteiger partial charge on any atom is 0.274 e. The van der Waals surface area contributed by atoms with Crippen molar-refractivity contribution in [2.24, 2.45) is 5.16 Å². The monoisotopic (exact) mass is 488 g/mol. The normalized spacial score (nSPS) is 11.1. The molecule has 9 nitrogen and oxygen atoms in total. The first-order valence-electron chi connectivity index (χ1n) is 9.91. The van der Waals surface area contributed by atoms with Crippen LogP contribution in [0.15, 0.2) is 41.7 Å². The molecule has 0 saturated carbocycles. The zero-order valence-electron chi connectivity index (χ0n) is 18.4. The molecule has 2 N–H and O–H groups in total. The quantitative estimate of drug-likeness (QED) is 0.381. The van der Waals surface area contributed by atoms with Crippen LogP contribution in [0.2, 0.25) is 10.0 Å². The van der Waals surface area contributed by atoms with Gasteiger partial charge in [-0.1, -0.05) is 28.4 Å². The van der Waals surface area contributed by atoms with E-state index in [9.17, 15) is 9.59 Å². The van der Waals surface area contributed by atoms with E-state index in [2.05, 4.69) is 25.9 Å². The first kappa shape index (κ1) is 24.2. The highest BCUT2D eigenvalue weighted by atomic mass is 35.5. The van der Waals surface area contributed by atoms with E-state index in [1.165, 1.54) is 36.3 Å². The number of carbonyl (C=O) groups is 2. The number of anilines is 1. The smallest absolute Gasteiger partial charge is 0.274 e. The summed E-state index contributed by atoms with van der Waals surface area (Å²) in [5.41, 5.74) is 1.65. The Morgan fingerprint density at radius 2 is 1.97 bits per heavy atom. The minimum absolute atomic E-state index is 0.101. The van der Waals surface area contributed by atoms with Gasteiger partial charge in [-0.3, -0.25) is 9.59 Å². The van der Waals surface area contributed by atoms with Gasteiger partial charge in [0.1, 0.15) is 18.5 Å². The second-order valence-electron chi connectivity index (χ2n) is 7.32. The van der Waals surface area contributed by atoms with Crippen molar-refractivity contribution in [3.8, 4) is 5.82 Å². The molecule has 0 aliphatic heterocycles. The molecule has 2 aromatic heterocycles. The van der Waals surface area contributed by atoms with Crippen LogP contribution in [0.4, 0.5) is 5.69 Å². The molecule has 2 heterocycles. The number of aryl methyl sites for hydroxylation is 1. The van der Waals surface area contributed by atoms with Gasteiger partial charge in [-0.15, -0.1) is 0 Å². The number of amides is 2. The van der Waals surface area contributed by atoms with Crippen LogP contribution in [-0.2, 0) is 4.84 Å². The van der Waals surface area contributed by atoms with Gasteiger partial charge in [-0.2, -0.15) is 5.10 Å². The number of oxime groups is 1. The minimum atomic E-state index is -0.537. The largest absolute Gasteiger partial charge is 0.399 e. The second-order valence-corrected chi connectivity index (χ2v) is 8.16. The molecule has 2 amide bonds. The lowest BCUT2D eigenvalue weighted by Gasteiger charge is -2.16. The van der Waals surface area contributed by atoms with Gasteiger partial charge in [0.2, 0.25) is 0 Å². The molecular weight excluding hydrogens is 467 g/mol. The SMILES string of the molecule is CO/N=C/c1cc(C(=O)Nc2c(C)cc(Cl)cc2C(=O)NC(C)C)n(-c2ncccc2Cl)n1. The number of pyridine rings is 1. The molecule has 3 aromatic rings. The van der Waals surface area contributed by atoms with E-state index in [0.29, 0.717) is 27.0 Å². The van der Waals surface area contributed by atoms with Crippen LogP contribution in [0.1, 0.15) is 46.0 Å². The summed E-state index contributed by atoms with van der Waals surface area (Å²) in [7, 11) is 1.39. The molecule has 172 valence electrons. The van der Waals surface area contributed by atoms with Gasteiger partial charge in [0.15, 0.2) is 5.82 Å². The van der Waals surface area contributed by atoms with E-state index >= 15 is 0 Å². The number of nitrogens with one attached hydrogen (secondary N) is 2. The third kappa shape index (κ3) is 5.68. The molecule has 11 heteroatoms. The fourth-order valence-electron chi connectivity index (χ4n) is 3.03. The number of carbonyl (C=O) groups excluding carboxylic acids is 2. The Bertz CT molecular complexity index is 1220. The average molecular weight is 489 g/mol. The number of rotatable bonds is 7. The highest BCUT2D eigenvalue weighted by Crippen LogP contribution is 2.27. The lowest BCUT2D eigenvalue weighted by molar-refractivity contribution is 0.0944. The van der Waals surface area contributed by atoms with E-state index in [0.717, 1.165) is 0 Å². The predicted octanol–water partition coefficient (Wildman–Crippen LogP) is 4.25. The highest BCUT2D eigenvalue weighted by Gasteiger charge is 2.23. The molecule has 0 aliphatic rings. The van der Waals surface area contributed by atoms with Gasteiger partial charge in [-0.05, 0) is 56.7 Å². The Balaban J connectivity index is 2.07. The lowest BCUT2D eigenvalue weighted by Crippen LogP contribution is -2.31. The molecule has 33 heavy (non-hydrogen) atoms. The van der Waals surface area contributed by atoms with Crippen LogP contribution in [-0.4, -0.2) is 45.9 Å². The van der Waals surface area contributed by atoms with Crippen molar-refractivity contribution in [3.05, 3.63) is 69.1 Å². The van der Waals surface area contributed by atoms with Gasteiger partial charge < -0.3 is 15.5 Å². The third-order valence-electron chi connectivity index (χ3n) is 4.39. The highest BCUT2D eigenvalue weighted by molar-refractivity contribution is 6.32. The second kappa shape index (κ2) is 10.5. The summed E-state index contributed by atoms with van der Waals surface area (Å²) in [5.74, 6) is -0.641. The minimum Gasteiger partial charge on any atom is -0.399 e. The molecule has 1 aromatic carbocycles. The Hall–Kier alpha value is -3.43. The summed E-state index contributed by atoms with van der Waals surface area (Å²) in [6, 6.07) is 7.86. The summed E-state index contributed by atoms with van der Waals surface area (Å²) in [4.78, 5) is 35.0. The van der Waals surface area contributed by atoms with Crippen LogP contribution in [0.5, 0.6) is 0 Å². The molecule has 0 aliphatic carbocycles. The van der Waals surface area contributed by atoms with E-state index in [-0.39, 0.29) is 29.0 Å². The summed E-state index contributed by atoms with van der Waals surface area (Å²) < 4.78 is 1.30. The standard InChI is InChI=1S/C22H22Cl2N6O3/c1-12(2)27-21(31)16-9-14(23)8-13(3)19(16)28-22(32)18-10-15(11-26-33-4)29-30(18)20-17(24)6-5-7-25-20/h5-12H,1-4H3,(H,27,31)(H,28,32)/b26-11+. The number of nitrogens with zero attached hydrogens (tertiary/aromatic N) is 4. The Kier molecular flexibility index (Phi) is 7.67. The molecule has 0 radical (unpaired) electrons. The molecule has 0 spiro atoms. The Morgan fingerprint density at radius 3 is 2.64 bits per heavy atom. The van der Waals surface area contributed by atoms with Gasteiger partial charge in [0.05, 0.1) is 22.5 Å². The molecule has 0 fully saturated rings. The average Bonchev–Trinajstić information content (AvgIpc) is 3.17. The molecular formula is C22H22Cl2N6O3. The summed E-state index contributed by atoms with van der Waals surface area (Å²) in [5, 5.41) is 14.3. The fraction of sp³-hybridized carbons (Fsp3) is 0.227. The molecule has 3 rings (SSSR count). The molecule has 0 unspecified atom stereocenters. The predicted molar refractivity (Wildman–Crippen MR) is 128 cm³/mol. The van der Waals surface area contributed by atoms with Crippen LogP contribution in [0, 0.1) is 6.92 Å².